The van der Waals surface area contributed by atoms with E-state index in [1.165, 1.54) is 13.3 Å². The Kier molecular flexibility index (Phi) is 7.65. The second-order valence-electron chi connectivity index (χ2n) is 8.66. The van der Waals surface area contributed by atoms with Crippen LogP contribution in [0.15, 0.2) is 64.9 Å². The van der Waals surface area contributed by atoms with Gasteiger partial charge in [-0.25, -0.2) is 5.43 Å². The van der Waals surface area contributed by atoms with Gasteiger partial charge in [-0.1, -0.05) is 59.2 Å². The molecule has 3 aromatic carbocycles. The Hall–Kier alpha value is -4.24. The molecule has 9 nitrogen and oxygen atoms in total. The van der Waals surface area contributed by atoms with Crippen molar-refractivity contribution in [3.05, 3.63) is 81.9 Å². The van der Waals surface area contributed by atoms with Crippen LogP contribution in [-0.4, -0.2) is 44.9 Å². The highest BCUT2D eigenvalue weighted by atomic mass is 35.5. The topological polar surface area (TPSA) is 100.0 Å². The molecule has 2 heterocycles. The smallest absolute Gasteiger partial charge is 0.244 e. The molecule has 0 spiro atoms. The molecule has 1 N–H and O–H groups in total. The van der Waals surface area contributed by atoms with Crippen LogP contribution in [0.4, 0.5) is 0 Å². The zero-order valence-corrected chi connectivity index (χ0v) is 21.7. The fraction of sp³-hybridized carbons (Fsp3) is 0.250. The van der Waals surface area contributed by atoms with Gasteiger partial charge in [-0.3, -0.25) is 4.79 Å². The number of ether oxygens (including phenoxy) is 4. The number of halogens is 1. The molecular weight excluding hydrogens is 510 g/mol. The summed E-state index contributed by atoms with van der Waals surface area (Å²) in [7, 11) is 3.09. The number of carbonyl (C=O) groups excluding carboxylic acids is 1. The highest BCUT2D eigenvalue weighted by molar-refractivity contribution is 6.30. The first-order valence-electron chi connectivity index (χ1n) is 12.0. The average molecular weight is 536 g/mol. The van der Waals surface area contributed by atoms with Crippen molar-refractivity contribution in [2.45, 2.75) is 25.4 Å². The highest BCUT2D eigenvalue weighted by Gasteiger charge is 2.33. The molecule has 0 radical (unpaired) electrons. The lowest BCUT2D eigenvalue weighted by molar-refractivity contribution is -0.120. The molecule has 2 aliphatic heterocycles. The van der Waals surface area contributed by atoms with Gasteiger partial charge >= 0.3 is 0 Å². The van der Waals surface area contributed by atoms with E-state index in [1.807, 2.05) is 54.6 Å². The predicted molar refractivity (Wildman–Crippen MR) is 143 cm³/mol. The van der Waals surface area contributed by atoms with E-state index < -0.39 is 0 Å². The maximum Gasteiger partial charge on any atom is 0.244 e. The van der Waals surface area contributed by atoms with E-state index in [2.05, 4.69) is 15.7 Å². The minimum atomic E-state index is -0.278. The van der Waals surface area contributed by atoms with Crippen LogP contribution < -0.4 is 24.4 Å². The van der Waals surface area contributed by atoms with E-state index >= 15 is 0 Å². The Labute approximate surface area is 224 Å². The zero-order valence-electron chi connectivity index (χ0n) is 20.9. The molecule has 1 amide bonds. The van der Waals surface area contributed by atoms with Gasteiger partial charge in [0.2, 0.25) is 24.2 Å². The number of amides is 1. The third-order valence-corrected chi connectivity index (χ3v) is 6.46. The molecular formula is C28H26ClN3O6. The summed E-state index contributed by atoms with van der Waals surface area (Å²) >= 11 is 6.02. The fourth-order valence-electron chi connectivity index (χ4n) is 4.46. The van der Waals surface area contributed by atoms with Crippen molar-refractivity contribution < 1.29 is 28.6 Å². The van der Waals surface area contributed by atoms with Gasteiger partial charge in [0.25, 0.3) is 0 Å². The fourth-order valence-corrected chi connectivity index (χ4v) is 4.58. The first kappa shape index (κ1) is 25.4. The van der Waals surface area contributed by atoms with Crippen LogP contribution in [0.2, 0.25) is 5.02 Å². The van der Waals surface area contributed by atoms with E-state index in [0.29, 0.717) is 46.4 Å². The van der Waals surface area contributed by atoms with Gasteiger partial charge in [0, 0.05) is 29.0 Å². The van der Waals surface area contributed by atoms with E-state index in [9.17, 15) is 4.79 Å². The molecule has 0 bridgehead atoms. The summed E-state index contributed by atoms with van der Waals surface area (Å²) < 4.78 is 22.8. The molecule has 3 aromatic rings. The summed E-state index contributed by atoms with van der Waals surface area (Å²) in [6.45, 7) is 0.0171. The summed E-state index contributed by atoms with van der Waals surface area (Å²) in [5.41, 5.74) is 6.56. The number of benzene rings is 3. The number of nitrogens with zero attached hydrogens (tertiary/aromatic N) is 2. The lowest BCUT2D eigenvalue weighted by atomic mass is 9.95. The van der Waals surface area contributed by atoms with E-state index in [0.717, 1.165) is 22.4 Å². The maximum absolute atomic E-state index is 12.4. The van der Waals surface area contributed by atoms with Crippen molar-refractivity contribution in [3.8, 4) is 23.0 Å². The summed E-state index contributed by atoms with van der Waals surface area (Å²) in [5, 5.41) is 9.16. The number of hydrazone groups is 1. The SMILES string of the molecule is COc1c(C[C@H]2CC(c3ccc(Cl)cc3)=NO2)c(/C=N/NC(=O)Cc2ccccc2)c2c(c1OC)OCO2. The van der Waals surface area contributed by atoms with Crippen molar-refractivity contribution in [3.63, 3.8) is 0 Å². The molecule has 0 unspecified atom stereocenters. The van der Waals surface area contributed by atoms with Crippen LogP contribution in [0.1, 0.15) is 28.7 Å². The summed E-state index contributed by atoms with van der Waals surface area (Å²) in [6.07, 6.45) is 2.45. The number of nitrogens with one attached hydrogen (secondary N) is 1. The summed E-state index contributed by atoms with van der Waals surface area (Å²) in [4.78, 5) is 18.2. The summed E-state index contributed by atoms with van der Waals surface area (Å²) in [5.74, 6) is 1.50. The van der Waals surface area contributed by atoms with E-state index in [4.69, 9.17) is 35.4 Å². The number of fused-ring (bicyclic) bond motifs is 1. The van der Waals surface area contributed by atoms with Crippen molar-refractivity contribution in [1.29, 1.82) is 0 Å². The highest BCUT2D eigenvalue weighted by Crippen LogP contribution is 2.52. The Morgan fingerprint density at radius 1 is 1.08 bits per heavy atom. The molecule has 0 aliphatic carbocycles. The van der Waals surface area contributed by atoms with Crippen LogP contribution in [-0.2, 0) is 22.5 Å². The van der Waals surface area contributed by atoms with Gasteiger partial charge in [0.1, 0.15) is 6.10 Å². The number of methoxy groups -OCH3 is 2. The van der Waals surface area contributed by atoms with Gasteiger partial charge in [-0.15, -0.1) is 0 Å². The molecule has 0 saturated heterocycles. The second kappa shape index (κ2) is 11.4. The quantitative estimate of drug-likeness (QED) is 0.319. The van der Waals surface area contributed by atoms with Crippen LogP contribution in [0, 0.1) is 0 Å². The number of carbonyl (C=O) groups is 1. The van der Waals surface area contributed by atoms with Crippen LogP contribution in [0.25, 0.3) is 0 Å². The van der Waals surface area contributed by atoms with Gasteiger partial charge in [0.15, 0.2) is 11.5 Å². The minimum absolute atomic E-state index is 0.0171. The average Bonchev–Trinajstić information content (AvgIpc) is 3.60. The lowest BCUT2D eigenvalue weighted by Crippen LogP contribution is -2.20. The molecule has 38 heavy (non-hydrogen) atoms. The monoisotopic (exact) mass is 535 g/mol. The van der Waals surface area contributed by atoms with Gasteiger partial charge in [-0.2, -0.15) is 5.10 Å². The Morgan fingerprint density at radius 3 is 2.55 bits per heavy atom. The predicted octanol–water partition coefficient (Wildman–Crippen LogP) is 4.51. The largest absolute Gasteiger partial charge is 0.492 e. The molecule has 1 atom stereocenters. The molecule has 2 aliphatic rings. The van der Waals surface area contributed by atoms with Crippen molar-refractivity contribution >= 4 is 29.4 Å². The van der Waals surface area contributed by atoms with Crippen molar-refractivity contribution in [2.24, 2.45) is 10.3 Å². The van der Waals surface area contributed by atoms with Crippen LogP contribution in [0.5, 0.6) is 23.0 Å². The van der Waals surface area contributed by atoms with Crippen molar-refractivity contribution in [1.82, 2.24) is 5.43 Å². The normalized spacial score (nSPS) is 15.8. The van der Waals surface area contributed by atoms with E-state index in [-0.39, 0.29) is 25.2 Å². The molecule has 10 heteroatoms. The Bertz CT molecular complexity index is 1380. The third-order valence-electron chi connectivity index (χ3n) is 6.21. The Balaban J connectivity index is 1.40. The Morgan fingerprint density at radius 2 is 1.82 bits per heavy atom. The number of hydrogen-bond donors (Lipinski definition) is 1. The van der Waals surface area contributed by atoms with Crippen molar-refractivity contribution in [2.75, 3.05) is 21.0 Å². The summed E-state index contributed by atoms with van der Waals surface area (Å²) in [6, 6.07) is 16.9. The maximum atomic E-state index is 12.4. The first-order valence-corrected chi connectivity index (χ1v) is 12.4. The number of oxime groups is 1. The standard InChI is InChI=1S/C28H26ClN3O6/c1-34-25-21(13-20-14-23(32-38-20)18-8-10-19(29)11-9-18)22(26-28(27(25)35-2)37-16-36-26)15-30-31-24(33)12-17-6-4-3-5-7-17/h3-11,15,20H,12-14,16H2,1-2H3,(H,31,33)/b30-15+/t20-/m0/s1. The van der Waals surface area contributed by atoms with Gasteiger partial charge in [0.05, 0.1) is 32.6 Å². The molecule has 0 saturated carbocycles. The lowest BCUT2D eigenvalue weighted by Gasteiger charge is -2.19. The molecule has 196 valence electrons. The molecule has 0 fully saturated rings. The minimum Gasteiger partial charge on any atom is -0.492 e. The number of rotatable bonds is 9. The van der Waals surface area contributed by atoms with Crippen LogP contribution >= 0.6 is 11.6 Å². The van der Waals surface area contributed by atoms with Gasteiger partial charge in [-0.05, 0) is 23.3 Å². The zero-order chi connectivity index (χ0) is 26.5. The van der Waals surface area contributed by atoms with E-state index in [1.54, 1.807) is 7.11 Å². The third kappa shape index (κ3) is 5.38. The molecule has 0 aromatic heterocycles. The first-order chi connectivity index (χ1) is 18.6. The van der Waals surface area contributed by atoms with Crippen LogP contribution in [0.3, 0.4) is 0 Å². The van der Waals surface area contributed by atoms with Gasteiger partial charge < -0.3 is 23.8 Å². The second-order valence-corrected chi connectivity index (χ2v) is 9.10. The number of hydrogen-bond acceptors (Lipinski definition) is 8. The molecule has 5 rings (SSSR count).